The van der Waals surface area contributed by atoms with Crippen LogP contribution in [0.3, 0.4) is 0 Å². The van der Waals surface area contributed by atoms with Crippen molar-refractivity contribution in [1.82, 2.24) is 10.6 Å². The molecule has 0 aliphatic rings. The van der Waals surface area contributed by atoms with Gasteiger partial charge >= 0.3 is 12.4 Å². The molecule has 9 heteroatoms. The quantitative estimate of drug-likeness (QED) is 0.572. The van der Waals surface area contributed by atoms with Crippen LogP contribution in [0.4, 0.5) is 26.3 Å². The number of alkyl halides is 6. The third kappa shape index (κ3) is 7.16. The molecule has 2 N–H and O–H groups in total. The Morgan fingerprint density at radius 2 is 1.66 bits per heavy atom. The fourth-order valence-corrected chi connectivity index (χ4v) is 2.39. The lowest BCUT2D eigenvalue weighted by atomic mass is 10.1. The maximum Gasteiger partial charge on any atom is 0.416 e. The van der Waals surface area contributed by atoms with Gasteiger partial charge in [-0.3, -0.25) is 10.1 Å². The molecule has 2 rings (SSSR count). The van der Waals surface area contributed by atoms with Crippen LogP contribution < -0.4 is 10.6 Å². The Balaban J connectivity index is 1.88. The van der Waals surface area contributed by atoms with Crippen molar-refractivity contribution < 1.29 is 31.1 Å². The van der Waals surface area contributed by atoms with E-state index in [0.717, 1.165) is 12.1 Å². The number of hydrogen-bond acceptors (Lipinski definition) is 2. The largest absolute Gasteiger partial charge is 0.416 e. The second kappa shape index (κ2) is 9.47. The molecule has 0 saturated carbocycles. The Morgan fingerprint density at radius 3 is 2.28 bits per heavy atom. The van der Waals surface area contributed by atoms with E-state index in [2.05, 4.69) is 22.5 Å². The van der Waals surface area contributed by atoms with E-state index in [0.29, 0.717) is 0 Å². The van der Waals surface area contributed by atoms with Gasteiger partial charge in [0.1, 0.15) is 6.04 Å². The van der Waals surface area contributed by atoms with Crippen LogP contribution in [-0.2, 0) is 11.0 Å². The van der Waals surface area contributed by atoms with Crippen LogP contribution >= 0.6 is 0 Å². The summed E-state index contributed by atoms with van der Waals surface area (Å²) in [5.74, 6) is 4.20. The lowest BCUT2D eigenvalue weighted by Gasteiger charge is -2.21. The number of amides is 1. The Hall–Kier alpha value is -2.99. The molecule has 1 atom stereocenters. The third-order valence-electron chi connectivity index (χ3n) is 3.72. The molecule has 1 amide bonds. The number of halogens is 6. The average molecular weight is 414 g/mol. The van der Waals surface area contributed by atoms with E-state index in [9.17, 15) is 31.1 Å². The highest BCUT2D eigenvalue weighted by atomic mass is 19.4. The minimum Gasteiger partial charge on any atom is -0.344 e. The molecular formula is C20H16F6N2O. The first-order chi connectivity index (χ1) is 13.6. The van der Waals surface area contributed by atoms with Gasteiger partial charge in [0, 0.05) is 5.56 Å². The van der Waals surface area contributed by atoms with Gasteiger partial charge in [-0.15, -0.1) is 0 Å². The van der Waals surface area contributed by atoms with Crippen LogP contribution in [0.15, 0.2) is 54.6 Å². The van der Waals surface area contributed by atoms with Crippen molar-refractivity contribution in [1.29, 1.82) is 0 Å². The number of carbonyl (C=O) groups excluding carboxylic acids is 1. The maximum atomic E-state index is 13.2. The molecule has 0 aromatic heterocycles. The van der Waals surface area contributed by atoms with E-state index in [4.69, 9.17) is 0 Å². The highest BCUT2D eigenvalue weighted by Crippen LogP contribution is 2.32. The molecule has 154 valence electrons. The van der Waals surface area contributed by atoms with Crippen molar-refractivity contribution in [2.75, 3.05) is 13.1 Å². The third-order valence-corrected chi connectivity index (χ3v) is 3.72. The van der Waals surface area contributed by atoms with Crippen molar-refractivity contribution in [3.63, 3.8) is 0 Å². The Bertz CT molecular complexity index is 882. The maximum absolute atomic E-state index is 13.2. The van der Waals surface area contributed by atoms with E-state index in [-0.39, 0.29) is 17.7 Å². The molecule has 3 nitrogen and oxygen atoms in total. The predicted octanol–water partition coefficient (Wildman–Crippen LogP) is 4.07. The monoisotopic (exact) mass is 414 g/mol. The first-order valence-electron chi connectivity index (χ1n) is 8.35. The lowest BCUT2D eigenvalue weighted by molar-refractivity contribution is -0.158. The molecular weight excluding hydrogens is 398 g/mol. The van der Waals surface area contributed by atoms with Crippen molar-refractivity contribution >= 4 is 5.91 Å². The lowest BCUT2D eigenvalue weighted by Crippen LogP contribution is -2.41. The molecule has 0 aliphatic carbocycles. The fourth-order valence-electron chi connectivity index (χ4n) is 2.39. The summed E-state index contributed by atoms with van der Waals surface area (Å²) in [6.07, 6.45) is -9.09. The van der Waals surface area contributed by atoms with Crippen molar-refractivity contribution in [2.45, 2.75) is 18.4 Å². The van der Waals surface area contributed by atoms with Gasteiger partial charge in [-0.05, 0) is 23.8 Å². The fraction of sp³-hybridized carbons (Fsp3) is 0.250. The standard InChI is InChI=1S/C20H16F6N2O/c21-19(22,23)16-10-4-6-14(12-16)7-5-11-27-17(29)13-28-18(20(24,25)26)15-8-2-1-3-9-15/h1-4,6,8-10,12,18,28H,11,13H2,(H,27,29). The molecule has 1 unspecified atom stereocenters. The predicted molar refractivity (Wildman–Crippen MR) is 94.6 cm³/mol. The molecule has 0 radical (unpaired) electrons. The van der Waals surface area contributed by atoms with E-state index >= 15 is 0 Å². The van der Waals surface area contributed by atoms with E-state index in [1.54, 1.807) is 6.07 Å². The number of nitrogens with one attached hydrogen (secondary N) is 2. The second-order valence-electron chi connectivity index (χ2n) is 5.92. The molecule has 0 aliphatic heterocycles. The highest BCUT2D eigenvalue weighted by molar-refractivity contribution is 5.78. The van der Waals surface area contributed by atoms with Gasteiger partial charge in [0.15, 0.2) is 0 Å². The SMILES string of the molecule is O=C(CNC(c1ccccc1)C(F)(F)F)NCC#Cc1cccc(C(F)(F)F)c1. The number of rotatable bonds is 5. The number of carbonyl (C=O) groups is 1. The summed E-state index contributed by atoms with van der Waals surface area (Å²) in [4.78, 5) is 11.7. The molecule has 0 saturated heterocycles. The van der Waals surface area contributed by atoms with Gasteiger partial charge in [-0.2, -0.15) is 26.3 Å². The number of benzene rings is 2. The van der Waals surface area contributed by atoms with Gasteiger partial charge in [0.2, 0.25) is 5.91 Å². The van der Waals surface area contributed by atoms with Gasteiger partial charge in [-0.1, -0.05) is 48.2 Å². The summed E-state index contributed by atoms with van der Waals surface area (Å²) in [7, 11) is 0. The minimum atomic E-state index is -4.59. The topological polar surface area (TPSA) is 41.1 Å². The van der Waals surface area contributed by atoms with Crippen molar-refractivity contribution in [3.8, 4) is 11.8 Å². The van der Waals surface area contributed by atoms with Crippen molar-refractivity contribution in [3.05, 3.63) is 71.3 Å². The van der Waals surface area contributed by atoms with Crippen LogP contribution in [0, 0.1) is 11.8 Å². The summed E-state index contributed by atoms with van der Waals surface area (Å²) in [6, 6.07) is 9.42. The molecule has 2 aromatic rings. The molecule has 29 heavy (non-hydrogen) atoms. The molecule has 0 spiro atoms. The minimum absolute atomic E-state index is 0.0304. The molecule has 0 heterocycles. The summed E-state index contributed by atoms with van der Waals surface area (Å²) in [5.41, 5.74) is -0.776. The summed E-state index contributed by atoms with van der Waals surface area (Å²) in [5, 5.41) is 4.44. The second-order valence-corrected chi connectivity index (χ2v) is 5.92. The summed E-state index contributed by atoms with van der Waals surface area (Å²) < 4.78 is 77.4. The molecule has 0 fully saturated rings. The highest BCUT2D eigenvalue weighted by Gasteiger charge is 2.40. The average Bonchev–Trinajstić information content (AvgIpc) is 2.65. The normalized spacial score (nSPS) is 12.6. The molecule has 0 bridgehead atoms. The van der Waals surface area contributed by atoms with Crippen LogP contribution in [-0.4, -0.2) is 25.2 Å². The Morgan fingerprint density at radius 1 is 0.966 bits per heavy atom. The first-order valence-corrected chi connectivity index (χ1v) is 8.35. The van der Waals surface area contributed by atoms with Gasteiger partial charge in [0.05, 0.1) is 18.7 Å². The van der Waals surface area contributed by atoms with Gasteiger partial charge in [0.25, 0.3) is 0 Å². The zero-order valence-corrected chi connectivity index (χ0v) is 14.9. The van der Waals surface area contributed by atoms with Crippen LogP contribution in [0.5, 0.6) is 0 Å². The van der Waals surface area contributed by atoms with E-state index < -0.39 is 36.4 Å². The zero-order chi connectivity index (χ0) is 21.5. The summed E-state index contributed by atoms with van der Waals surface area (Å²) in [6.45, 7) is -0.830. The van der Waals surface area contributed by atoms with Gasteiger partial charge in [-0.25, -0.2) is 0 Å². The van der Waals surface area contributed by atoms with Crippen LogP contribution in [0.2, 0.25) is 0 Å². The van der Waals surface area contributed by atoms with Crippen LogP contribution in [0.1, 0.15) is 22.7 Å². The zero-order valence-electron chi connectivity index (χ0n) is 14.9. The van der Waals surface area contributed by atoms with Gasteiger partial charge < -0.3 is 5.32 Å². The van der Waals surface area contributed by atoms with Crippen molar-refractivity contribution in [2.24, 2.45) is 0 Å². The Labute approximate surface area is 163 Å². The number of hydrogen-bond donors (Lipinski definition) is 2. The smallest absolute Gasteiger partial charge is 0.344 e. The van der Waals surface area contributed by atoms with Crippen LogP contribution in [0.25, 0.3) is 0 Å². The molecule has 2 aromatic carbocycles. The van der Waals surface area contributed by atoms with E-state index in [1.807, 2.05) is 0 Å². The van der Waals surface area contributed by atoms with E-state index in [1.165, 1.54) is 36.4 Å². The summed E-state index contributed by atoms with van der Waals surface area (Å²) >= 11 is 0. The Kier molecular flexibility index (Phi) is 7.29. The first kappa shape index (κ1) is 22.3.